The number of carbonyl (C=O) groups excluding carboxylic acids is 1. The number of piperidine rings is 1. The van der Waals surface area contributed by atoms with E-state index < -0.39 is 9.84 Å². The first-order valence-electron chi connectivity index (χ1n) is 8.66. The van der Waals surface area contributed by atoms with Gasteiger partial charge in [0.2, 0.25) is 5.91 Å². The molecular weight excluding hydrogens is 324 g/mol. The second-order valence-corrected chi connectivity index (χ2v) is 9.33. The van der Waals surface area contributed by atoms with Gasteiger partial charge in [-0.2, -0.15) is 0 Å². The van der Waals surface area contributed by atoms with Crippen molar-refractivity contribution in [3.63, 3.8) is 0 Å². The maximum absolute atomic E-state index is 12.3. The number of benzene rings is 1. The van der Waals surface area contributed by atoms with Crippen molar-refractivity contribution in [2.75, 3.05) is 6.26 Å². The molecule has 1 aromatic rings. The summed E-state index contributed by atoms with van der Waals surface area (Å²) < 4.78 is 23.0. The number of hydrogen-bond acceptors (Lipinski definition) is 4. The van der Waals surface area contributed by atoms with Crippen LogP contribution < -0.4 is 10.6 Å². The Morgan fingerprint density at radius 1 is 1.21 bits per heavy atom. The highest BCUT2D eigenvalue weighted by Gasteiger charge is 2.34. The fourth-order valence-electron chi connectivity index (χ4n) is 3.99. The van der Waals surface area contributed by atoms with Crippen LogP contribution in [0, 0.1) is 5.92 Å². The van der Waals surface area contributed by atoms with Gasteiger partial charge < -0.3 is 10.6 Å². The highest BCUT2D eigenvalue weighted by molar-refractivity contribution is 7.90. The van der Waals surface area contributed by atoms with E-state index in [9.17, 15) is 13.2 Å². The number of amides is 1. The molecule has 2 N–H and O–H groups in total. The molecule has 0 saturated carbocycles. The summed E-state index contributed by atoms with van der Waals surface area (Å²) in [6.07, 6.45) is 6.46. The number of nitrogens with one attached hydrogen (secondary N) is 2. The van der Waals surface area contributed by atoms with Crippen LogP contribution in [0.3, 0.4) is 0 Å². The zero-order valence-electron chi connectivity index (χ0n) is 14.3. The molecule has 0 radical (unpaired) electrons. The molecular formula is C18H26N2O3S. The topological polar surface area (TPSA) is 75.3 Å². The van der Waals surface area contributed by atoms with E-state index in [-0.39, 0.29) is 11.9 Å². The largest absolute Gasteiger partial charge is 0.350 e. The molecule has 24 heavy (non-hydrogen) atoms. The van der Waals surface area contributed by atoms with E-state index in [2.05, 4.69) is 10.6 Å². The molecule has 1 amide bonds. The molecule has 5 nitrogen and oxygen atoms in total. The number of hydrogen-bond donors (Lipinski definition) is 2. The minimum Gasteiger partial charge on any atom is -0.350 e. The lowest BCUT2D eigenvalue weighted by Crippen LogP contribution is -2.40. The lowest BCUT2D eigenvalue weighted by atomic mass is 9.89. The summed E-state index contributed by atoms with van der Waals surface area (Å²) in [6.45, 7) is 1.93. The summed E-state index contributed by atoms with van der Waals surface area (Å²) in [4.78, 5) is 12.6. The third kappa shape index (κ3) is 4.16. The van der Waals surface area contributed by atoms with Gasteiger partial charge in [0.05, 0.1) is 10.9 Å². The Morgan fingerprint density at radius 2 is 1.79 bits per heavy atom. The van der Waals surface area contributed by atoms with Crippen molar-refractivity contribution in [3.8, 4) is 0 Å². The van der Waals surface area contributed by atoms with Crippen LogP contribution >= 0.6 is 0 Å². The van der Waals surface area contributed by atoms with Crippen LogP contribution in [0.2, 0.25) is 0 Å². The summed E-state index contributed by atoms with van der Waals surface area (Å²) in [7, 11) is -3.19. The smallest absolute Gasteiger partial charge is 0.220 e. The molecule has 2 aliphatic rings. The highest BCUT2D eigenvalue weighted by Crippen LogP contribution is 2.32. The van der Waals surface area contributed by atoms with E-state index in [0.29, 0.717) is 29.3 Å². The van der Waals surface area contributed by atoms with Crippen molar-refractivity contribution >= 4 is 15.7 Å². The van der Waals surface area contributed by atoms with Crippen molar-refractivity contribution in [2.24, 2.45) is 5.92 Å². The normalized spacial score (nSPS) is 27.7. The minimum absolute atomic E-state index is 0.0842. The highest BCUT2D eigenvalue weighted by atomic mass is 32.2. The van der Waals surface area contributed by atoms with Gasteiger partial charge in [0.15, 0.2) is 9.84 Å². The van der Waals surface area contributed by atoms with E-state index in [1.807, 2.05) is 6.92 Å². The molecule has 2 saturated heterocycles. The van der Waals surface area contributed by atoms with Crippen LogP contribution in [-0.2, 0) is 14.6 Å². The summed E-state index contributed by atoms with van der Waals surface area (Å²) >= 11 is 0. The molecule has 6 heteroatoms. The zero-order valence-corrected chi connectivity index (χ0v) is 15.1. The van der Waals surface area contributed by atoms with Gasteiger partial charge in [-0.3, -0.25) is 4.79 Å². The molecule has 0 spiro atoms. The van der Waals surface area contributed by atoms with Gasteiger partial charge in [-0.25, -0.2) is 8.42 Å². The maximum Gasteiger partial charge on any atom is 0.220 e. The first-order chi connectivity index (χ1) is 11.3. The number of rotatable bonds is 5. The van der Waals surface area contributed by atoms with Crippen molar-refractivity contribution < 1.29 is 13.2 Å². The van der Waals surface area contributed by atoms with Crippen LogP contribution in [-0.4, -0.2) is 32.7 Å². The molecule has 2 heterocycles. The summed E-state index contributed by atoms with van der Waals surface area (Å²) in [6, 6.07) is 7.81. The summed E-state index contributed by atoms with van der Waals surface area (Å²) in [5.41, 5.74) is 0.918. The zero-order chi connectivity index (χ0) is 17.3. The van der Waals surface area contributed by atoms with Gasteiger partial charge in [-0.05, 0) is 56.2 Å². The van der Waals surface area contributed by atoms with Crippen molar-refractivity contribution in [1.29, 1.82) is 0 Å². The van der Waals surface area contributed by atoms with Gasteiger partial charge in [0.1, 0.15) is 0 Å². The summed E-state index contributed by atoms with van der Waals surface area (Å²) in [5, 5.41) is 6.64. The van der Waals surface area contributed by atoms with Crippen molar-refractivity contribution in [2.45, 2.75) is 62.0 Å². The Balaban J connectivity index is 1.54. The quantitative estimate of drug-likeness (QED) is 0.853. The van der Waals surface area contributed by atoms with Crippen molar-refractivity contribution in [1.82, 2.24) is 10.6 Å². The average Bonchev–Trinajstić information content (AvgIpc) is 2.85. The van der Waals surface area contributed by atoms with Crippen LogP contribution in [0.5, 0.6) is 0 Å². The molecule has 2 aliphatic heterocycles. The average molecular weight is 350 g/mol. The molecule has 2 bridgehead atoms. The molecule has 2 fully saturated rings. The SMILES string of the molecule is CC(NC(=O)CC1CC2CCC(C1)N2)c1ccc(S(C)(=O)=O)cc1. The third-order valence-corrected chi connectivity index (χ3v) is 6.36. The Labute approximate surface area is 144 Å². The third-order valence-electron chi connectivity index (χ3n) is 5.23. The van der Waals surface area contributed by atoms with Gasteiger partial charge >= 0.3 is 0 Å². The molecule has 3 atom stereocenters. The second-order valence-electron chi connectivity index (χ2n) is 7.31. The Bertz CT molecular complexity index is 687. The maximum atomic E-state index is 12.3. The Kier molecular flexibility index (Phi) is 4.97. The van der Waals surface area contributed by atoms with Gasteiger partial charge in [-0.15, -0.1) is 0 Å². The lowest BCUT2D eigenvalue weighted by Gasteiger charge is -2.29. The lowest BCUT2D eigenvalue weighted by molar-refractivity contribution is -0.122. The predicted octanol–water partition coefficient (Wildman–Crippen LogP) is 2.19. The van der Waals surface area contributed by atoms with Crippen LogP contribution in [0.4, 0.5) is 0 Å². The van der Waals surface area contributed by atoms with Gasteiger partial charge in [0.25, 0.3) is 0 Å². The van der Waals surface area contributed by atoms with Gasteiger partial charge in [-0.1, -0.05) is 12.1 Å². The fraction of sp³-hybridized carbons (Fsp3) is 0.611. The van der Waals surface area contributed by atoms with Crippen molar-refractivity contribution in [3.05, 3.63) is 29.8 Å². The van der Waals surface area contributed by atoms with E-state index in [4.69, 9.17) is 0 Å². The molecule has 0 aromatic heterocycles. The van der Waals surface area contributed by atoms with Crippen LogP contribution in [0.25, 0.3) is 0 Å². The van der Waals surface area contributed by atoms with E-state index in [1.165, 1.54) is 19.1 Å². The van der Waals surface area contributed by atoms with E-state index in [0.717, 1.165) is 18.4 Å². The first kappa shape index (κ1) is 17.4. The summed E-state index contributed by atoms with van der Waals surface area (Å²) in [5.74, 6) is 0.560. The molecule has 3 rings (SSSR count). The molecule has 0 aliphatic carbocycles. The second kappa shape index (κ2) is 6.84. The Hall–Kier alpha value is -1.40. The van der Waals surface area contributed by atoms with E-state index >= 15 is 0 Å². The van der Waals surface area contributed by atoms with Crippen LogP contribution in [0.15, 0.2) is 29.2 Å². The molecule has 132 valence electrons. The standard InChI is InChI=1S/C18H26N2O3S/c1-12(14-3-7-17(8-4-14)24(2,22)23)19-18(21)11-13-9-15-5-6-16(10-13)20-15/h3-4,7-8,12-13,15-16,20H,5-6,9-11H2,1-2H3,(H,19,21). The predicted molar refractivity (Wildman–Crippen MR) is 93.4 cm³/mol. The minimum atomic E-state index is -3.19. The van der Waals surface area contributed by atoms with Crippen LogP contribution in [0.1, 0.15) is 50.6 Å². The number of sulfone groups is 1. The number of fused-ring (bicyclic) bond motifs is 2. The van der Waals surface area contributed by atoms with E-state index in [1.54, 1.807) is 24.3 Å². The first-order valence-corrected chi connectivity index (χ1v) is 10.6. The molecule has 1 aromatic carbocycles. The fourth-order valence-corrected chi connectivity index (χ4v) is 4.62. The molecule has 3 unspecified atom stereocenters. The monoisotopic (exact) mass is 350 g/mol. The Morgan fingerprint density at radius 3 is 2.33 bits per heavy atom. The van der Waals surface area contributed by atoms with Gasteiger partial charge in [0, 0.05) is 24.8 Å². The number of carbonyl (C=O) groups is 1.